The summed E-state index contributed by atoms with van der Waals surface area (Å²) < 4.78 is 1.99. The van der Waals surface area contributed by atoms with E-state index in [1.165, 1.54) is 11.1 Å². The van der Waals surface area contributed by atoms with Crippen molar-refractivity contribution in [1.29, 1.82) is 0 Å². The standard InChI is InChI=1S/C21H16Cl2N4S/c1-14-5-2-3-6-16(14)13-28-21-26-25-20(15-7-4-10-24-12-15)27(21)17-8-9-18(22)19(23)11-17/h2-12H,13H2,1H3. The molecule has 4 aromatic rings. The molecule has 0 N–H and O–H groups in total. The first kappa shape index (κ1) is 19.0. The van der Waals surface area contributed by atoms with Crippen molar-refractivity contribution in [2.24, 2.45) is 0 Å². The highest BCUT2D eigenvalue weighted by Gasteiger charge is 2.17. The van der Waals surface area contributed by atoms with Crippen LogP contribution in [0.25, 0.3) is 17.1 Å². The maximum Gasteiger partial charge on any atom is 0.196 e. The highest BCUT2D eigenvalue weighted by Crippen LogP contribution is 2.32. The first-order chi connectivity index (χ1) is 13.6. The number of halogens is 2. The van der Waals surface area contributed by atoms with Gasteiger partial charge in [-0.05, 0) is 48.4 Å². The van der Waals surface area contributed by atoms with Crippen molar-refractivity contribution in [1.82, 2.24) is 19.7 Å². The minimum atomic E-state index is 0.486. The molecule has 0 radical (unpaired) electrons. The lowest BCUT2D eigenvalue weighted by molar-refractivity contribution is 0.885. The molecule has 140 valence electrons. The van der Waals surface area contributed by atoms with Crippen LogP contribution in [0.4, 0.5) is 0 Å². The van der Waals surface area contributed by atoms with Gasteiger partial charge in [0.15, 0.2) is 11.0 Å². The summed E-state index contributed by atoms with van der Waals surface area (Å²) in [6.45, 7) is 2.11. The Labute approximate surface area is 177 Å². The minimum absolute atomic E-state index is 0.486. The fourth-order valence-corrected chi connectivity index (χ4v) is 4.14. The second-order valence-electron chi connectivity index (χ2n) is 6.20. The second-order valence-corrected chi connectivity index (χ2v) is 7.95. The second kappa shape index (κ2) is 8.35. The number of hydrogen-bond donors (Lipinski definition) is 0. The predicted octanol–water partition coefficient (Wildman–Crippen LogP) is 6.24. The lowest BCUT2D eigenvalue weighted by Crippen LogP contribution is -2.00. The molecule has 0 spiro atoms. The van der Waals surface area contributed by atoms with Crippen molar-refractivity contribution in [3.8, 4) is 17.1 Å². The van der Waals surface area contributed by atoms with Gasteiger partial charge in [-0.1, -0.05) is 59.2 Å². The van der Waals surface area contributed by atoms with Crippen LogP contribution in [0.3, 0.4) is 0 Å². The third kappa shape index (κ3) is 3.92. The van der Waals surface area contributed by atoms with Crippen LogP contribution in [0.15, 0.2) is 72.1 Å². The predicted molar refractivity (Wildman–Crippen MR) is 115 cm³/mol. The molecule has 0 unspecified atom stereocenters. The average molecular weight is 427 g/mol. The van der Waals surface area contributed by atoms with Gasteiger partial charge in [0, 0.05) is 23.7 Å². The summed E-state index contributed by atoms with van der Waals surface area (Å²) >= 11 is 14.0. The molecule has 0 saturated carbocycles. The molecule has 28 heavy (non-hydrogen) atoms. The fraction of sp³-hybridized carbons (Fsp3) is 0.0952. The van der Waals surface area contributed by atoms with E-state index in [4.69, 9.17) is 23.2 Å². The Bertz CT molecular complexity index is 1110. The molecule has 0 fully saturated rings. The molecule has 4 rings (SSSR count). The Morgan fingerprint density at radius 3 is 2.57 bits per heavy atom. The normalized spacial score (nSPS) is 11.0. The fourth-order valence-electron chi connectivity index (χ4n) is 2.82. The number of benzene rings is 2. The molecular weight excluding hydrogens is 411 g/mol. The van der Waals surface area contributed by atoms with Crippen LogP contribution in [0.5, 0.6) is 0 Å². The number of hydrogen-bond acceptors (Lipinski definition) is 4. The number of aromatic nitrogens is 4. The van der Waals surface area contributed by atoms with Crippen LogP contribution in [0.1, 0.15) is 11.1 Å². The molecular formula is C21H16Cl2N4S. The summed E-state index contributed by atoms with van der Waals surface area (Å²) in [6, 6.07) is 17.7. The SMILES string of the molecule is Cc1ccccc1CSc1nnc(-c2cccnc2)n1-c1ccc(Cl)c(Cl)c1. The van der Waals surface area contributed by atoms with Crippen molar-refractivity contribution in [2.75, 3.05) is 0 Å². The van der Waals surface area contributed by atoms with Crippen LogP contribution in [0, 0.1) is 6.92 Å². The van der Waals surface area contributed by atoms with E-state index in [0.717, 1.165) is 22.2 Å². The third-order valence-corrected chi connectivity index (χ3v) is 6.05. The van der Waals surface area contributed by atoms with Gasteiger partial charge in [0.25, 0.3) is 0 Å². The van der Waals surface area contributed by atoms with Gasteiger partial charge < -0.3 is 0 Å². The Morgan fingerprint density at radius 2 is 1.82 bits per heavy atom. The highest BCUT2D eigenvalue weighted by atomic mass is 35.5. The maximum absolute atomic E-state index is 6.27. The zero-order chi connectivity index (χ0) is 19.5. The molecule has 0 atom stereocenters. The first-order valence-electron chi connectivity index (χ1n) is 8.62. The number of thioether (sulfide) groups is 1. The maximum atomic E-state index is 6.27. The number of pyridine rings is 1. The molecule has 2 heterocycles. The molecule has 0 amide bonds. The zero-order valence-electron chi connectivity index (χ0n) is 15.0. The van der Waals surface area contributed by atoms with Crippen molar-refractivity contribution in [3.05, 3.63) is 88.2 Å². The van der Waals surface area contributed by atoms with Crippen LogP contribution < -0.4 is 0 Å². The van der Waals surface area contributed by atoms with Crippen molar-refractivity contribution >= 4 is 35.0 Å². The van der Waals surface area contributed by atoms with E-state index in [0.29, 0.717) is 15.9 Å². The topological polar surface area (TPSA) is 43.6 Å². The summed E-state index contributed by atoms with van der Waals surface area (Å²) in [5, 5.41) is 10.6. The molecule has 0 bridgehead atoms. The zero-order valence-corrected chi connectivity index (χ0v) is 17.3. The van der Waals surface area contributed by atoms with Crippen molar-refractivity contribution in [2.45, 2.75) is 17.8 Å². The highest BCUT2D eigenvalue weighted by molar-refractivity contribution is 7.98. The van der Waals surface area contributed by atoms with E-state index in [1.807, 2.05) is 41.0 Å². The van der Waals surface area contributed by atoms with E-state index in [-0.39, 0.29) is 0 Å². The Kier molecular flexibility index (Phi) is 5.67. The number of nitrogens with zero attached hydrogens (tertiary/aromatic N) is 4. The largest absolute Gasteiger partial charge is 0.270 e. The van der Waals surface area contributed by atoms with Gasteiger partial charge in [0.2, 0.25) is 0 Å². The Balaban J connectivity index is 1.77. The van der Waals surface area contributed by atoms with E-state index in [9.17, 15) is 0 Å². The van der Waals surface area contributed by atoms with Gasteiger partial charge >= 0.3 is 0 Å². The van der Waals surface area contributed by atoms with Crippen LogP contribution in [-0.4, -0.2) is 19.7 Å². The van der Waals surface area contributed by atoms with Gasteiger partial charge in [-0.15, -0.1) is 10.2 Å². The number of rotatable bonds is 5. The van der Waals surface area contributed by atoms with Gasteiger partial charge in [0.1, 0.15) is 0 Å². The van der Waals surface area contributed by atoms with Crippen LogP contribution in [0.2, 0.25) is 10.0 Å². The van der Waals surface area contributed by atoms with Gasteiger partial charge in [-0.25, -0.2) is 0 Å². The summed E-state index contributed by atoms with van der Waals surface area (Å²) in [6.07, 6.45) is 3.50. The molecule has 0 aliphatic carbocycles. The van der Waals surface area contributed by atoms with Gasteiger partial charge in [0.05, 0.1) is 15.7 Å². The number of aryl methyl sites for hydroxylation is 1. The monoisotopic (exact) mass is 426 g/mol. The van der Waals surface area contributed by atoms with Gasteiger partial charge in [-0.3, -0.25) is 9.55 Å². The van der Waals surface area contributed by atoms with Gasteiger partial charge in [-0.2, -0.15) is 0 Å². The summed E-state index contributed by atoms with van der Waals surface area (Å²) in [4.78, 5) is 4.21. The van der Waals surface area contributed by atoms with Crippen LogP contribution in [-0.2, 0) is 5.75 Å². The molecule has 0 saturated heterocycles. The van der Waals surface area contributed by atoms with E-state index < -0.39 is 0 Å². The smallest absolute Gasteiger partial charge is 0.196 e. The molecule has 4 nitrogen and oxygen atoms in total. The quantitative estimate of drug-likeness (QED) is 0.354. The third-order valence-electron chi connectivity index (χ3n) is 4.33. The molecule has 7 heteroatoms. The Hall–Kier alpha value is -2.34. The minimum Gasteiger partial charge on any atom is -0.270 e. The lowest BCUT2D eigenvalue weighted by Gasteiger charge is -2.11. The molecule has 2 aromatic carbocycles. The van der Waals surface area contributed by atoms with E-state index >= 15 is 0 Å². The van der Waals surface area contributed by atoms with Crippen LogP contribution >= 0.6 is 35.0 Å². The van der Waals surface area contributed by atoms with Crippen molar-refractivity contribution in [3.63, 3.8) is 0 Å². The molecule has 2 aromatic heterocycles. The lowest BCUT2D eigenvalue weighted by atomic mass is 10.1. The van der Waals surface area contributed by atoms with E-state index in [1.54, 1.807) is 30.2 Å². The summed E-state index contributed by atoms with van der Waals surface area (Å²) in [7, 11) is 0. The Morgan fingerprint density at radius 1 is 0.964 bits per heavy atom. The molecule has 0 aliphatic rings. The average Bonchev–Trinajstić information content (AvgIpc) is 3.14. The summed E-state index contributed by atoms with van der Waals surface area (Å²) in [5.74, 6) is 1.50. The molecule has 0 aliphatic heterocycles. The summed E-state index contributed by atoms with van der Waals surface area (Å²) in [5.41, 5.74) is 4.25. The first-order valence-corrected chi connectivity index (χ1v) is 10.4. The van der Waals surface area contributed by atoms with Crippen molar-refractivity contribution < 1.29 is 0 Å². The van der Waals surface area contributed by atoms with E-state index in [2.05, 4.69) is 34.2 Å².